The average molecular weight is 448 g/mol. The van der Waals surface area contributed by atoms with E-state index in [2.05, 4.69) is 38.2 Å². The third kappa shape index (κ3) is 4.58. The first-order valence-electron chi connectivity index (χ1n) is 10.7. The molecule has 0 aliphatic carbocycles. The summed E-state index contributed by atoms with van der Waals surface area (Å²) in [4.78, 5) is 26.2. The Balaban J connectivity index is 1.25. The molecule has 3 aromatic rings. The third-order valence-electron chi connectivity index (χ3n) is 5.72. The molecule has 0 saturated carbocycles. The number of pyridine rings is 2. The number of fused-ring (bicyclic) bond motifs is 1. The van der Waals surface area contributed by atoms with E-state index in [1.807, 2.05) is 64.6 Å². The second-order valence-electron chi connectivity index (χ2n) is 8.08. The maximum absolute atomic E-state index is 11.8. The first kappa shape index (κ1) is 20.8. The van der Waals surface area contributed by atoms with Crippen LogP contribution in [0.1, 0.15) is 30.4 Å². The largest absolute Gasteiger partial charge is 0.322 e. The van der Waals surface area contributed by atoms with E-state index >= 15 is 0 Å². The van der Waals surface area contributed by atoms with Gasteiger partial charge in [0.25, 0.3) is 0 Å². The molecule has 0 N–H and O–H groups in total. The normalized spacial score (nSPS) is 21.2. The molecule has 0 bridgehead atoms. The van der Waals surface area contributed by atoms with Gasteiger partial charge in [-0.15, -0.1) is 16.9 Å². The van der Waals surface area contributed by atoms with Crippen molar-refractivity contribution in [3.63, 3.8) is 0 Å². The van der Waals surface area contributed by atoms with Crippen molar-refractivity contribution < 1.29 is 4.79 Å². The molecule has 5 heterocycles. The number of carbonyl (C=O) groups is 1. The zero-order valence-electron chi connectivity index (χ0n) is 17.9. The Morgan fingerprint density at radius 3 is 2.34 bits per heavy atom. The van der Waals surface area contributed by atoms with Crippen LogP contribution in [0.15, 0.2) is 66.0 Å². The van der Waals surface area contributed by atoms with E-state index in [4.69, 9.17) is 0 Å². The maximum atomic E-state index is 11.8. The molecule has 2 fully saturated rings. The van der Waals surface area contributed by atoms with Gasteiger partial charge in [-0.2, -0.15) is 0 Å². The van der Waals surface area contributed by atoms with Gasteiger partial charge >= 0.3 is 0 Å². The number of aromatic nitrogens is 5. The lowest BCUT2D eigenvalue weighted by molar-refractivity contribution is -0.142. The molecule has 9 heteroatoms. The summed E-state index contributed by atoms with van der Waals surface area (Å²) >= 11 is 1.79. The summed E-state index contributed by atoms with van der Waals surface area (Å²) in [6.45, 7) is 4.80. The summed E-state index contributed by atoms with van der Waals surface area (Å²) in [7, 11) is 0. The molecule has 32 heavy (non-hydrogen) atoms. The lowest BCUT2D eigenvalue weighted by Gasteiger charge is -2.35. The minimum absolute atomic E-state index is 0.168. The van der Waals surface area contributed by atoms with Crippen molar-refractivity contribution in [2.24, 2.45) is 0 Å². The quantitative estimate of drug-likeness (QED) is 0.491. The van der Waals surface area contributed by atoms with Crippen molar-refractivity contribution in [2.45, 2.75) is 50.9 Å². The van der Waals surface area contributed by atoms with Gasteiger partial charge in [0.05, 0.1) is 47.7 Å². The molecule has 2 atom stereocenters. The van der Waals surface area contributed by atoms with Gasteiger partial charge in [0.15, 0.2) is 0 Å². The van der Waals surface area contributed by atoms with Crippen LogP contribution in [0.4, 0.5) is 0 Å². The molecule has 2 saturated heterocycles. The zero-order valence-corrected chi connectivity index (χ0v) is 18.7. The summed E-state index contributed by atoms with van der Waals surface area (Å²) in [6.07, 6.45) is 8.44. The smallest absolute Gasteiger partial charge is 0.226 e. The second kappa shape index (κ2) is 9.22. The average Bonchev–Trinajstić information content (AvgIpc) is 3.34. The Morgan fingerprint density at radius 2 is 1.75 bits per heavy atom. The summed E-state index contributed by atoms with van der Waals surface area (Å²) in [6, 6.07) is 12.1. The first-order chi connectivity index (χ1) is 15.7. The lowest BCUT2D eigenvalue weighted by Crippen LogP contribution is -2.50. The zero-order chi connectivity index (χ0) is 21.9. The van der Waals surface area contributed by atoms with Crippen LogP contribution in [0.3, 0.4) is 0 Å². The highest BCUT2D eigenvalue weighted by Crippen LogP contribution is 2.46. The Hall–Kier alpha value is -3.04. The minimum Gasteiger partial charge on any atom is -0.322 e. The third-order valence-corrected chi connectivity index (χ3v) is 7.17. The summed E-state index contributed by atoms with van der Waals surface area (Å²) in [5.41, 5.74) is 2.92. The molecule has 0 aromatic carbocycles. The molecular weight excluding hydrogens is 422 g/mol. The van der Waals surface area contributed by atoms with Crippen LogP contribution in [0.2, 0.25) is 0 Å². The topological polar surface area (TPSA) is 80.0 Å². The van der Waals surface area contributed by atoms with Crippen LogP contribution < -0.4 is 0 Å². The molecule has 8 nitrogen and oxygen atoms in total. The van der Waals surface area contributed by atoms with Crippen LogP contribution in [0.5, 0.6) is 0 Å². The van der Waals surface area contributed by atoms with Crippen LogP contribution >= 0.6 is 11.8 Å². The highest BCUT2D eigenvalue weighted by Gasteiger charge is 2.46. The standard InChI is InChI=1S/C23H25N7OS/c1-17-21(32-23-12-22(31)30(17)23)8-11-29-16-20(26-27-29)15-28(13-18-6-2-4-9-24-18)14-19-7-3-5-10-25-19/h2-10,16-17,23H,11-15H2,1H3. The van der Waals surface area contributed by atoms with Crippen molar-refractivity contribution in [3.8, 4) is 0 Å². The fourth-order valence-electron chi connectivity index (χ4n) is 4.10. The molecule has 0 spiro atoms. The van der Waals surface area contributed by atoms with E-state index in [1.165, 1.54) is 4.91 Å². The SMILES string of the molecule is CC1C(=CCn2cc(CN(Cc3ccccn3)Cc3ccccn3)nn2)SC2CC(=O)N21. The van der Waals surface area contributed by atoms with E-state index in [0.29, 0.717) is 38.0 Å². The molecule has 1 amide bonds. The first-order valence-corrected chi connectivity index (χ1v) is 11.6. The Bertz CT molecular complexity index is 1060. The summed E-state index contributed by atoms with van der Waals surface area (Å²) in [5, 5.41) is 9.02. The number of carbonyl (C=O) groups excluding carboxylic acids is 1. The highest BCUT2D eigenvalue weighted by atomic mass is 32.2. The van der Waals surface area contributed by atoms with E-state index in [1.54, 1.807) is 11.8 Å². The van der Waals surface area contributed by atoms with Crippen LogP contribution in [-0.4, -0.2) is 52.1 Å². The fourth-order valence-corrected chi connectivity index (χ4v) is 5.53. The van der Waals surface area contributed by atoms with E-state index in [-0.39, 0.29) is 11.9 Å². The number of thioether (sulfide) groups is 1. The lowest BCUT2D eigenvalue weighted by atomic mass is 10.1. The van der Waals surface area contributed by atoms with Gasteiger partial charge in [0.2, 0.25) is 5.91 Å². The van der Waals surface area contributed by atoms with E-state index < -0.39 is 0 Å². The van der Waals surface area contributed by atoms with Gasteiger partial charge in [0, 0.05) is 36.9 Å². The Kier molecular flexibility index (Phi) is 6.00. The predicted octanol–water partition coefficient (Wildman–Crippen LogP) is 2.85. The molecule has 2 aliphatic rings. The summed E-state index contributed by atoms with van der Waals surface area (Å²) in [5.74, 6) is 0.252. The molecule has 3 aromatic heterocycles. The van der Waals surface area contributed by atoms with E-state index in [0.717, 1.165) is 17.1 Å². The van der Waals surface area contributed by atoms with Crippen LogP contribution in [0, 0.1) is 0 Å². The maximum Gasteiger partial charge on any atom is 0.226 e. The molecule has 164 valence electrons. The fraction of sp³-hybridized carbons (Fsp3) is 0.348. The number of hydrogen-bond acceptors (Lipinski definition) is 7. The molecule has 5 rings (SSSR count). The Labute approximate surface area is 191 Å². The van der Waals surface area contributed by atoms with Crippen molar-refractivity contribution in [1.82, 2.24) is 34.8 Å². The summed E-state index contributed by atoms with van der Waals surface area (Å²) < 4.78 is 1.85. The molecular formula is C23H25N7OS. The van der Waals surface area contributed by atoms with Crippen LogP contribution in [0.25, 0.3) is 0 Å². The predicted molar refractivity (Wildman–Crippen MR) is 122 cm³/mol. The monoisotopic (exact) mass is 447 g/mol. The number of β-lactam (4-membered cyclic amide) rings is 1. The van der Waals surface area contributed by atoms with Crippen molar-refractivity contribution in [3.05, 3.63) is 83.1 Å². The van der Waals surface area contributed by atoms with Gasteiger partial charge in [-0.1, -0.05) is 23.4 Å². The van der Waals surface area contributed by atoms with Gasteiger partial charge in [-0.3, -0.25) is 19.7 Å². The van der Waals surface area contributed by atoms with Gasteiger partial charge < -0.3 is 4.90 Å². The Morgan fingerprint density at radius 1 is 1.06 bits per heavy atom. The van der Waals surface area contributed by atoms with Crippen molar-refractivity contribution in [1.29, 1.82) is 0 Å². The number of hydrogen-bond donors (Lipinski definition) is 0. The van der Waals surface area contributed by atoms with E-state index in [9.17, 15) is 4.79 Å². The van der Waals surface area contributed by atoms with Gasteiger partial charge in [-0.25, -0.2) is 4.68 Å². The highest BCUT2D eigenvalue weighted by molar-refractivity contribution is 8.04. The van der Waals surface area contributed by atoms with Crippen molar-refractivity contribution in [2.75, 3.05) is 0 Å². The molecule has 2 unspecified atom stereocenters. The van der Waals surface area contributed by atoms with Gasteiger partial charge in [-0.05, 0) is 31.2 Å². The van der Waals surface area contributed by atoms with Gasteiger partial charge in [0.1, 0.15) is 0 Å². The van der Waals surface area contributed by atoms with Crippen LogP contribution in [-0.2, 0) is 31.0 Å². The molecule has 0 radical (unpaired) electrons. The molecule has 2 aliphatic heterocycles. The number of allylic oxidation sites excluding steroid dienone is 1. The number of rotatable bonds is 8. The second-order valence-corrected chi connectivity index (χ2v) is 9.33. The van der Waals surface area contributed by atoms with Crippen molar-refractivity contribution >= 4 is 17.7 Å². The minimum atomic E-state index is 0.168. The number of nitrogens with zero attached hydrogens (tertiary/aromatic N) is 7. The number of amides is 1.